The molecule has 7 heteroatoms. The Morgan fingerprint density at radius 3 is 2.65 bits per heavy atom. The topological polar surface area (TPSA) is 84.5 Å². The summed E-state index contributed by atoms with van der Waals surface area (Å²) in [6.45, 7) is 3.96. The van der Waals surface area contributed by atoms with Crippen LogP contribution in [0.5, 0.6) is 0 Å². The van der Waals surface area contributed by atoms with Crippen LogP contribution in [0.2, 0.25) is 0 Å². The maximum atomic E-state index is 12.0. The fraction of sp³-hybridized carbons (Fsp3) is 0.438. The van der Waals surface area contributed by atoms with Gasteiger partial charge in [-0.15, -0.1) is 11.8 Å². The summed E-state index contributed by atoms with van der Waals surface area (Å²) in [5.41, 5.74) is 1.81. The second-order valence-electron chi connectivity index (χ2n) is 5.25. The molecule has 1 aromatic rings. The molecule has 1 aliphatic heterocycles. The van der Waals surface area contributed by atoms with Crippen molar-refractivity contribution in [2.24, 2.45) is 0 Å². The molecule has 2 amide bonds. The smallest absolute Gasteiger partial charge is 0.329 e. The van der Waals surface area contributed by atoms with E-state index >= 15 is 0 Å². The second kappa shape index (κ2) is 8.01. The third kappa shape index (κ3) is 4.99. The maximum absolute atomic E-state index is 12.0. The fourth-order valence-electron chi connectivity index (χ4n) is 2.13. The summed E-state index contributed by atoms with van der Waals surface area (Å²) in [6, 6.07) is 6.81. The highest BCUT2D eigenvalue weighted by Crippen LogP contribution is 2.22. The van der Waals surface area contributed by atoms with E-state index in [1.54, 1.807) is 6.92 Å². The molecule has 1 aliphatic rings. The SMILES string of the molecule is CCOC(=O)[C@H]1CS[C@H](CC(=O)Nc2ccc(C)cc2)C(=O)N1. The Balaban J connectivity index is 1.84. The number of aryl methyl sites for hydroxylation is 1. The molecule has 1 saturated heterocycles. The minimum atomic E-state index is -0.635. The summed E-state index contributed by atoms with van der Waals surface area (Å²) in [4.78, 5) is 35.7. The molecule has 1 fully saturated rings. The van der Waals surface area contributed by atoms with E-state index in [4.69, 9.17) is 4.74 Å². The molecule has 0 bridgehead atoms. The zero-order chi connectivity index (χ0) is 16.8. The molecule has 2 atom stereocenters. The number of benzene rings is 1. The van der Waals surface area contributed by atoms with Crippen molar-refractivity contribution in [2.45, 2.75) is 31.6 Å². The lowest BCUT2D eigenvalue weighted by molar-refractivity contribution is -0.146. The number of rotatable bonds is 5. The average Bonchev–Trinajstić information content (AvgIpc) is 2.52. The summed E-state index contributed by atoms with van der Waals surface area (Å²) in [6.07, 6.45) is 0.0694. The van der Waals surface area contributed by atoms with Gasteiger partial charge < -0.3 is 15.4 Å². The van der Waals surface area contributed by atoms with Crippen molar-refractivity contribution in [3.63, 3.8) is 0 Å². The van der Waals surface area contributed by atoms with Gasteiger partial charge in [-0.25, -0.2) is 4.79 Å². The van der Waals surface area contributed by atoms with Gasteiger partial charge in [0.15, 0.2) is 0 Å². The molecule has 1 heterocycles. The van der Waals surface area contributed by atoms with E-state index in [0.717, 1.165) is 5.56 Å². The summed E-state index contributed by atoms with van der Waals surface area (Å²) >= 11 is 1.30. The van der Waals surface area contributed by atoms with Gasteiger partial charge in [0.25, 0.3) is 0 Å². The van der Waals surface area contributed by atoms with E-state index in [0.29, 0.717) is 11.4 Å². The Bertz CT molecular complexity index is 588. The Hall–Kier alpha value is -2.02. The van der Waals surface area contributed by atoms with Crippen molar-refractivity contribution in [1.82, 2.24) is 5.32 Å². The molecule has 0 aromatic heterocycles. The quantitative estimate of drug-likeness (QED) is 0.796. The second-order valence-corrected chi connectivity index (χ2v) is 6.49. The van der Waals surface area contributed by atoms with Gasteiger partial charge in [-0.2, -0.15) is 0 Å². The lowest BCUT2D eigenvalue weighted by Crippen LogP contribution is -2.51. The van der Waals surface area contributed by atoms with Crippen LogP contribution in [-0.4, -0.2) is 41.4 Å². The lowest BCUT2D eigenvalue weighted by atomic mass is 10.2. The highest BCUT2D eigenvalue weighted by Gasteiger charge is 2.34. The van der Waals surface area contributed by atoms with Gasteiger partial charge in [0.05, 0.1) is 11.9 Å². The Kier molecular flexibility index (Phi) is 6.04. The molecular formula is C16H20N2O4S. The molecule has 0 saturated carbocycles. The van der Waals surface area contributed by atoms with E-state index in [9.17, 15) is 14.4 Å². The number of carbonyl (C=O) groups excluding carboxylic acids is 3. The van der Waals surface area contributed by atoms with Crippen LogP contribution in [-0.2, 0) is 19.1 Å². The molecule has 2 rings (SSSR count). The van der Waals surface area contributed by atoms with Gasteiger partial charge in [0.1, 0.15) is 6.04 Å². The summed E-state index contributed by atoms with van der Waals surface area (Å²) < 4.78 is 4.89. The largest absolute Gasteiger partial charge is 0.464 e. The van der Waals surface area contributed by atoms with Crippen molar-refractivity contribution in [2.75, 3.05) is 17.7 Å². The van der Waals surface area contributed by atoms with E-state index < -0.39 is 17.3 Å². The highest BCUT2D eigenvalue weighted by atomic mass is 32.2. The van der Waals surface area contributed by atoms with Crippen molar-refractivity contribution >= 4 is 35.2 Å². The predicted octanol–water partition coefficient (Wildman–Crippen LogP) is 1.49. The molecule has 0 radical (unpaired) electrons. The molecule has 0 unspecified atom stereocenters. The first-order valence-electron chi connectivity index (χ1n) is 7.44. The third-order valence-electron chi connectivity index (χ3n) is 3.35. The first-order valence-corrected chi connectivity index (χ1v) is 8.49. The zero-order valence-electron chi connectivity index (χ0n) is 13.1. The van der Waals surface area contributed by atoms with Gasteiger partial charge in [-0.05, 0) is 26.0 Å². The Labute approximate surface area is 139 Å². The number of hydrogen-bond donors (Lipinski definition) is 2. The maximum Gasteiger partial charge on any atom is 0.329 e. The van der Waals surface area contributed by atoms with Crippen LogP contribution in [0.15, 0.2) is 24.3 Å². The summed E-state index contributed by atoms with van der Waals surface area (Å²) in [5, 5.41) is 4.89. The average molecular weight is 336 g/mol. The molecule has 0 spiro atoms. The van der Waals surface area contributed by atoms with Crippen LogP contribution in [0.3, 0.4) is 0 Å². The number of esters is 1. The molecule has 2 N–H and O–H groups in total. The standard InChI is InChI=1S/C16H20N2O4S/c1-3-22-16(21)12-9-23-13(15(20)18-12)8-14(19)17-11-6-4-10(2)5-7-11/h4-7,12-13H,3,8-9H2,1-2H3,(H,17,19)(H,18,20)/t12-,13-/m1/s1. The number of thioether (sulfide) groups is 1. The van der Waals surface area contributed by atoms with Crippen LogP contribution in [0, 0.1) is 6.92 Å². The molecule has 0 aliphatic carbocycles. The van der Waals surface area contributed by atoms with E-state index in [1.807, 2.05) is 31.2 Å². The molecule has 1 aromatic carbocycles. The van der Waals surface area contributed by atoms with Gasteiger partial charge >= 0.3 is 5.97 Å². The first kappa shape index (κ1) is 17.3. The highest BCUT2D eigenvalue weighted by molar-refractivity contribution is 8.00. The van der Waals surface area contributed by atoms with Crippen LogP contribution >= 0.6 is 11.8 Å². The van der Waals surface area contributed by atoms with Crippen LogP contribution in [0.25, 0.3) is 0 Å². The number of ether oxygens (including phenoxy) is 1. The van der Waals surface area contributed by atoms with Gasteiger partial charge in [-0.3, -0.25) is 9.59 Å². The molecular weight excluding hydrogens is 316 g/mol. The van der Waals surface area contributed by atoms with Gasteiger partial charge in [-0.1, -0.05) is 17.7 Å². The minimum absolute atomic E-state index is 0.0694. The Morgan fingerprint density at radius 2 is 2.04 bits per heavy atom. The third-order valence-corrected chi connectivity index (χ3v) is 4.66. The van der Waals surface area contributed by atoms with E-state index in [1.165, 1.54) is 11.8 Å². The van der Waals surface area contributed by atoms with Crippen LogP contribution < -0.4 is 10.6 Å². The van der Waals surface area contributed by atoms with Crippen LogP contribution in [0.1, 0.15) is 18.9 Å². The van der Waals surface area contributed by atoms with Crippen molar-refractivity contribution in [3.8, 4) is 0 Å². The summed E-state index contributed by atoms with van der Waals surface area (Å²) in [7, 11) is 0. The number of carbonyl (C=O) groups is 3. The van der Waals surface area contributed by atoms with Crippen molar-refractivity contribution < 1.29 is 19.1 Å². The number of nitrogens with one attached hydrogen (secondary N) is 2. The van der Waals surface area contributed by atoms with E-state index in [-0.39, 0.29) is 24.8 Å². The van der Waals surface area contributed by atoms with Gasteiger partial charge in [0, 0.05) is 17.9 Å². The minimum Gasteiger partial charge on any atom is -0.464 e. The van der Waals surface area contributed by atoms with Crippen molar-refractivity contribution in [3.05, 3.63) is 29.8 Å². The number of hydrogen-bond acceptors (Lipinski definition) is 5. The fourth-order valence-corrected chi connectivity index (χ4v) is 3.27. The molecule has 124 valence electrons. The van der Waals surface area contributed by atoms with Crippen LogP contribution in [0.4, 0.5) is 5.69 Å². The summed E-state index contributed by atoms with van der Waals surface area (Å²) in [5.74, 6) is -0.557. The normalized spacial score (nSPS) is 20.5. The van der Waals surface area contributed by atoms with E-state index in [2.05, 4.69) is 10.6 Å². The van der Waals surface area contributed by atoms with Gasteiger partial charge in [0.2, 0.25) is 11.8 Å². The first-order chi connectivity index (χ1) is 11.0. The lowest BCUT2D eigenvalue weighted by Gasteiger charge is -2.27. The number of anilines is 1. The Morgan fingerprint density at radius 1 is 1.35 bits per heavy atom. The monoisotopic (exact) mass is 336 g/mol. The zero-order valence-corrected chi connectivity index (χ0v) is 13.9. The molecule has 6 nitrogen and oxygen atoms in total. The predicted molar refractivity (Wildman–Crippen MR) is 89.2 cm³/mol. The number of amides is 2. The molecule has 23 heavy (non-hydrogen) atoms. The van der Waals surface area contributed by atoms with Crippen molar-refractivity contribution in [1.29, 1.82) is 0 Å².